The van der Waals surface area contributed by atoms with Crippen molar-refractivity contribution in [3.63, 3.8) is 0 Å². The van der Waals surface area contributed by atoms with E-state index >= 15 is 0 Å². The van der Waals surface area contributed by atoms with E-state index in [0.29, 0.717) is 5.54 Å². The van der Waals surface area contributed by atoms with Crippen LogP contribution in [0.5, 0.6) is 0 Å². The van der Waals surface area contributed by atoms with Crippen LogP contribution in [0.3, 0.4) is 0 Å². The van der Waals surface area contributed by atoms with E-state index < -0.39 is 0 Å². The Balaban J connectivity index is 1.95. The number of nitrogens with zero attached hydrogens (tertiary/aromatic N) is 3. The summed E-state index contributed by atoms with van der Waals surface area (Å²) >= 11 is 0. The monoisotopic (exact) mass is 253 g/mol. The van der Waals surface area contributed by atoms with Crippen LogP contribution in [0.15, 0.2) is 0 Å². The highest BCUT2D eigenvalue weighted by molar-refractivity contribution is 5.04. The minimum Gasteiger partial charge on any atom is -0.304 e. The van der Waals surface area contributed by atoms with Gasteiger partial charge in [0.05, 0.1) is 0 Å². The molecule has 3 heteroatoms. The lowest BCUT2D eigenvalue weighted by Crippen LogP contribution is -2.61. The molecule has 0 amide bonds. The highest BCUT2D eigenvalue weighted by Gasteiger charge is 2.47. The van der Waals surface area contributed by atoms with Gasteiger partial charge in [0.2, 0.25) is 0 Å². The zero-order valence-electron chi connectivity index (χ0n) is 13.3. The number of hydrogen-bond acceptors (Lipinski definition) is 3. The highest BCUT2D eigenvalue weighted by Crippen LogP contribution is 2.38. The number of likely N-dealkylation sites (tertiary alicyclic amines) is 2. The molecule has 3 nitrogen and oxygen atoms in total. The quantitative estimate of drug-likeness (QED) is 0.744. The molecule has 18 heavy (non-hydrogen) atoms. The summed E-state index contributed by atoms with van der Waals surface area (Å²) in [6.45, 7) is 15.6. The van der Waals surface area contributed by atoms with Crippen LogP contribution in [0, 0.1) is 0 Å². The third kappa shape index (κ3) is 2.59. The average molecular weight is 253 g/mol. The molecule has 0 bridgehead atoms. The summed E-state index contributed by atoms with van der Waals surface area (Å²) in [4.78, 5) is 7.73. The van der Waals surface area contributed by atoms with Crippen LogP contribution in [0.2, 0.25) is 0 Å². The van der Waals surface area contributed by atoms with Gasteiger partial charge in [-0.3, -0.25) is 9.80 Å². The second-order valence-electron chi connectivity index (χ2n) is 8.02. The first kappa shape index (κ1) is 14.3. The molecule has 0 radical (unpaired) electrons. The van der Waals surface area contributed by atoms with Gasteiger partial charge in [0.15, 0.2) is 0 Å². The van der Waals surface area contributed by atoms with Crippen LogP contribution in [-0.2, 0) is 0 Å². The Kier molecular flexibility index (Phi) is 3.54. The fraction of sp³-hybridized carbons (Fsp3) is 1.00. The van der Waals surface area contributed by atoms with E-state index in [0.717, 1.165) is 12.1 Å². The zero-order chi connectivity index (χ0) is 13.7. The minimum absolute atomic E-state index is 0.282. The summed E-state index contributed by atoms with van der Waals surface area (Å²) in [6, 6.07) is 1.53. The molecule has 0 N–H and O–H groups in total. The summed E-state index contributed by atoms with van der Waals surface area (Å²) in [5.74, 6) is 0. The molecule has 0 aliphatic carbocycles. The molecule has 106 valence electrons. The lowest BCUT2D eigenvalue weighted by molar-refractivity contribution is 0.0247. The third-order valence-electron chi connectivity index (χ3n) is 4.81. The standard InChI is InChI=1S/C15H31N3/c1-14(2,3)18-11-12(8-15(18,4)5)17-9-13(10-17)16(6)7/h12-13H,8-11H2,1-7H3. The summed E-state index contributed by atoms with van der Waals surface area (Å²) in [5.41, 5.74) is 0.621. The van der Waals surface area contributed by atoms with Gasteiger partial charge in [0.25, 0.3) is 0 Å². The Labute approximate surface area is 113 Å². The van der Waals surface area contributed by atoms with E-state index in [1.165, 1.54) is 26.1 Å². The maximum Gasteiger partial charge on any atom is 0.0344 e. The molecule has 2 rings (SSSR count). The first-order valence-electron chi connectivity index (χ1n) is 7.29. The number of hydrogen-bond donors (Lipinski definition) is 0. The Bertz CT molecular complexity index is 297. The van der Waals surface area contributed by atoms with Crippen molar-refractivity contribution in [1.29, 1.82) is 0 Å². The fourth-order valence-electron chi connectivity index (χ4n) is 3.75. The van der Waals surface area contributed by atoms with Crippen LogP contribution >= 0.6 is 0 Å². The van der Waals surface area contributed by atoms with Crippen molar-refractivity contribution in [2.24, 2.45) is 0 Å². The highest BCUT2D eigenvalue weighted by atomic mass is 15.4. The molecule has 2 aliphatic heterocycles. The molecular weight excluding hydrogens is 222 g/mol. The maximum atomic E-state index is 2.69. The van der Waals surface area contributed by atoms with E-state index in [9.17, 15) is 0 Å². The Morgan fingerprint density at radius 1 is 1.06 bits per heavy atom. The van der Waals surface area contributed by atoms with Crippen LogP contribution in [0.4, 0.5) is 0 Å². The first-order valence-corrected chi connectivity index (χ1v) is 7.29. The largest absolute Gasteiger partial charge is 0.304 e. The van der Waals surface area contributed by atoms with Gasteiger partial charge < -0.3 is 4.90 Å². The molecule has 0 saturated carbocycles. The second kappa shape index (κ2) is 4.46. The van der Waals surface area contributed by atoms with E-state index in [4.69, 9.17) is 0 Å². The van der Waals surface area contributed by atoms with Gasteiger partial charge in [-0.25, -0.2) is 0 Å². The van der Waals surface area contributed by atoms with Crippen LogP contribution < -0.4 is 0 Å². The van der Waals surface area contributed by atoms with Gasteiger partial charge in [-0.15, -0.1) is 0 Å². The predicted molar refractivity (Wildman–Crippen MR) is 78.0 cm³/mol. The molecule has 0 aromatic heterocycles. The lowest BCUT2D eigenvalue weighted by atomic mass is 9.94. The van der Waals surface area contributed by atoms with Crippen molar-refractivity contribution in [3.8, 4) is 0 Å². The van der Waals surface area contributed by atoms with E-state index in [1.807, 2.05) is 0 Å². The Morgan fingerprint density at radius 3 is 2.00 bits per heavy atom. The van der Waals surface area contributed by atoms with E-state index in [2.05, 4.69) is 63.4 Å². The van der Waals surface area contributed by atoms with Gasteiger partial charge >= 0.3 is 0 Å². The Morgan fingerprint density at radius 2 is 1.61 bits per heavy atom. The van der Waals surface area contributed by atoms with Gasteiger partial charge in [0, 0.05) is 42.8 Å². The predicted octanol–water partition coefficient (Wildman–Crippen LogP) is 1.88. The molecule has 2 heterocycles. The van der Waals surface area contributed by atoms with Gasteiger partial charge in [-0.1, -0.05) is 0 Å². The van der Waals surface area contributed by atoms with Crippen molar-refractivity contribution >= 4 is 0 Å². The normalized spacial score (nSPS) is 31.0. The van der Waals surface area contributed by atoms with Gasteiger partial charge in [0.1, 0.15) is 0 Å². The van der Waals surface area contributed by atoms with Crippen molar-refractivity contribution in [2.75, 3.05) is 33.7 Å². The first-order chi connectivity index (χ1) is 8.11. The smallest absolute Gasteiger partial charge is 0.0344 e. The molecule has 2 fully saturated rings. The maximum absolute atomic E-state index is 2.69. The number of rotatable bonds is 2. The second-order valence-corrected chi connectivity index (χ2v) is 8.02. The molecular formula is C15H31N3. The molecule has 1 atom stereocenters. The molecule has 0 aromatic carbocycles. The van der Waals surface area contributed by atoms with Crippen molar-refractivity contribution in [1.82, 2.24) is 14.7 Å². The van der Waals surface area contributed by atoms with Crippen molar-refractivity contribution in [3.05, 3.63) is 0 Å². The molecule has 2 saturated heterocycles. The van der Waals surface area contributed by atoms with Crippen molar-refractivity contribution in [2.45, 2.75) is 64.2 Å². The average Bonchev–Trinajstić information content (AvgIpc) is 2.36. The molecule has 0 aromatic rings. The lowest BCUT2D eigenvalue weighted by Gasteiger charge is -2.46. The summed E-state index contributed by atoms with van der Waals surface area (Å²) in [5, 5.41) is 0. The molecule has 1 unspecified atom stereocenters. The van der Waals surface area contributed by atoms with E-state index in [-0.39, 0.29) is 5.54 Å². The van der Waals surface area contributed by atoms with Gasteiger partial charge in [-0.05, 0) is 55.1 Å². The summed E-state index contributed by atoms with van der Waals surface area (Å²) in [7, 11) is 4.39. The summed E-state index contributed by atoms with van der Waals surface area (Å²) < 4.78 is 0. The SMILES string of the molecule is CN(C)C1CN(C2CN(C(C)(C)C)C(C)(C)C2)C1. The molecule has 0 spiro atoms. The van der Waals surface area contributed by atoms with E-state index in [1.54, 1.807) is 0 Å². The minimum atomic E-state index is 0.282. The molecule has 2 aliphatic rings. The Hall–Kier alpha value is -0.120. The van der Waals surface area contributed by atoms with Crippen molar-refractivity contribution < 1.29 is 0 Å². The zero-order valence-corrected chi connectivity index (χ0v) is 13.3. The van der Waals surface area contributed by atoms with Gasteiger partial charge in [-0.2, -0.15) is 0 Å². The summed E-state index contributed by atoms with van der Waals surface area (Å²) in [6.07, 6.45) is 1.31. The van der Waals surface area contributed by atoms with Crippen LogP contribution in [-0.4, -0.2) is 71.6 Å². The number of likely N-dealkylation sites (N-methyl/N-ethyl adjacent to an activating group) is 1. The van der Waals surface area contributed by atoms with Crippen LogP contribution in [0.1, 0.15) is 41.0 Å². The fourth-order valence-corrected chi connectivity index (χ4v) is 3.75. The van der Waals surface area contributed by atoms with Crippen LogP contribution in [0.25, 0.3) is 0 Å². The third-order valence-corrected chi connectivity index (χ3v) is 4.81. The topological polar surface area (TPSA) is 9.72 Å².